The molecule has 106 valence electrons. The molecule has 0 atom stereocenters. The number of ether oxygens (including phenoxy) is 1. The minimum absolute atomic E-state index is 0.832. The van der Waals surface area contributed by atoms with Crippen molar-refractivity contribution in [2.75, 3.05) is 46.4 Å². The number of rotatable bonds is 6. The molecule has 19 heavy (non-hydrogen) atoms. The number of benzene rings is 1. The second-order valence-corrected chi connectivity index (χ2v) is 5.47. The highest BCUT2D eigenvalue weighted by Gasteiger charge is 2.12. The average molecular weight is 262 g/mol. The van der Waals surface area contributed by atoms with E-state index in [0.29, 0.717) is 0 Å². The Labute approximate surface area is 117 Å². The van der Waals surface area contributed by atoms with E-state index in [1.54, 1.807) is 0 Å². The van der Waals surface area contributed by atoms with Crippen LogP contribution in [0.4, 0.5) is 0 Å². The first-order valence-corrected chi connectivity index (χ1v) is 7.35. The van der Waals surface area contributed by atoms with Crippen LogP contribution in [0.15, 0.2) is 24.3 Å². The summed E-state index contributed by atoms with van der Waals surface area (Å²) in [5.41, 5.74) is 1.22. The minimum atomic E-state index is 0.832. The SMILES string of the molecule is Cc1ccccc1OCCCCN1CCN(C)CC1. The summed E-state index contributed by atoms with van der Waals surface area (Å²) in [6.45, 7) is 8.99. The van der Waals surface area contributed by atoms with Crippen LogP contribution in [0, 0.1) is 6.92 Å². The second kappa shape index (κ2) is 7.51. The van der Waals surface area contributed by atoms with Gasteiger partial charge in [-0.3, -0.25) is 0 Å². The first-order valence-electron chi connectivity index (χ1n) is 7.35. The molecular formula is C16H26N2O. The van der Waals surface area contributed by atoms with Crippen molar-refractivity contribution >= 4 is 0 Å². The molecule has 3 nitrogen and oxygen atoms in total. The number of hydrogen-bond donors (Lipinski definition) is 0. The highest BCUT2D eigenvalue weighted by Crippen LogP contribution is 2.16. The zero-order valence-corrected chi connectivity index (χ0v) is 12.3. The Morgan fingerprint density at radius 1 is 1.05 bits per heavy atom. The summed E-state index contributed by atoms with van der Waals surface area (Å²) < 4.78 is 5.82. The maximum atomic E-state index is 5.82. The van der Waals surface area contributed by atoms with Crippen LogP contribution in [0.1, 0.15) is 18.4 Å². The van der Waals surface area contributed by atoms with Crippen LogP contribution in [0.25, 0.3) is 0 Å². The maximum absolute atomic E-state index is 5.82. The molecule has 1 aliphatic rings. The lowest BCUT2D eigenvalue weighted by molar-refractivity contribution is 0.150. The second-order valence-electron chi connectivity index (χ2n) is 5.47. The quantitative estimate of drug-likeness (QED) is 0.732. The molecule has 0 unspecified atom stereocenters. The molecule has 0 aromatic heterocycles. The Hall–Kier alpha value is -1.06. The zero-order valence-electron chi connectivity index (χ0n) is 12.3. The lowest BCUT2D eigenvalue weighted by Crippen LogP contribution is -2.44. The van der Waals surface area contributed by atoms with E-state index < -0.39 is 0 Å². The summed E-state index contributed by atoms with van der Waals surface area (Å²) in [6.07, 6.45) is 2.37. The lowest BCUT2D eigenvalue weighted by Gasteiger charge is -2.32. The minimum Gasteiger partial charge on any atom is -0.493 e. The van der Waals surface area contributed by atoms with Crippen molar-refractivity contribution in [2.24, 2.45) is 0 Å². The molecule has 2 rings (SSSR count). The van der Waals surface area contributed by atoms with E-state index in [-0.39, 0.29) is 0 Å². The fourth-order valence-electron chi connectivity index (χ4n) is 2.41. The van der Waals surface area contributed by atoms with Gasteiger partial charge < -0.3 is 14.5 Å². The first kappa shape index (κ1) is 14.4. The van der Waals surface area contributed by atoms with E-state index in [1.807, 2.05) is 6.07 Å². The largest absolute Gasteiger partial charge is 0.493 e. The summed E-state index contributed by atoms with van der Waals surface area (Å²) in [5, 5.41) is 0. The van der Waals surface area contributed by atoms with Gasteiger partial charge in [0.25, 0.3) is 0 Å². The molecule has 0 aliphatic carbocycles. The number of piperazine rings is 1. The molecule has 0 N–H and O–H groups in total. The van der Waals surface area contributed by atoms with E-state index >= 15 is 0 Å². The average Bonchev–Trinajstić information content (AvgIpc) is 2.42. The summed E-state index contributed by atoms with van der Waals surface area (Å²) in [4.78, 5) is 4.96. The van der Waals surface area contributed by atoms with E-state index in [0.717, 1.165) is 18.8 Å². The zero-order chi connectivity index (χ0) is 13.5. The van der Waals surface area contributed by atoms with Gasteiger partial charge in [-0.15, -0.1) is 0 Å². The topological polar surface area (TPSA) is 15.7 Å². The van der Waals surface area contributed by atoms with Crippen LogP contribution >= 0.6 is 0 Å². The maximum Gasteiger partial charge on any atom is 0.122 e. The highest BCUT2D eigenvalue weighted by molar-refractivity contribution is 5.31. The van der Waals surface area contributed by atoms with E-state index in [1.165, 1.54) is 44.7 Å². The molecule has 1 saturated heterocycles. The van der Waals surface area contributed by atoms with Crippen LogP contribution in [0.2, 0.25) is 0 Å². The standard InChI is InChI=1S/C16H26N2O/c1-15-7-3-4-8-16(15)19-14-6-5-9-18-12-10-17(2)11-13-18/h3-4,7-8H,5-6,9-14H2,1-2H3. The van der Waals surface area contributed by atoms with Gasteiger partial charge in [0, 0.05) is 26.2 Å². The van der Waals surface area contributed by atoms with Gasteiger partial charge in [-0.25, -0.2) is 0 Å². The Morgan fingerprint density at radius 2 is 1.79 bits per heavy atom. The third-order valence-corrected chi connectivity index (χ3v) is 3.82. The first-order chi connectivity index (χ1) is 9.25. The summed E-state index contributed by atoms with van der Waals surface area (Å²) in [5.74, 6) is 1.03. The Morgan fingerprint density at radius 3 is 2.53 bits per heavy atom. The van der Waals surface area contributed by atoms with Gasteiger partial charge >= 0.3 is 0 Å². The van der Waals surface area contributed by atoms with Gasteiger partial charge in [-0.2, -0.15) is 0 Å². The third-order valence-electron chi connectivity index (χ3n) is 3.82. The Balaban J connectivity index is 1.56. The fourth-order valence-corrected chi connectivity index (χ4v) is 2.41. The molecular weight excluding hydrogens is 236 g/mol. The molecule has 0 amide bonds. The van der Waals surface area contributed by atoms with Gasteiger partial charge in [0.2, 0.25) is 0 Å². The van der Waals surface area contributed by atoms with Crippen molar-refractivity contribution in [2.45, 2.75) is 19.8 Å². The van der Waals surface area contributed by atoms with Gasteiger partial charge in [0.05, 0.1) is 6.61 Å². The van der Waals surface area contributed by atoms with Crippen LogP contribution in [0.5, 0.6) is 5.75 Å². The summed E-state index contributed by atoms with van der Waals surface area (Å²) in [6, 6.07) is 8.23. The summed E-state index contributed by atoms with van der Waals surface area (Å²) in [7, 11) is 2.20. The van der Waals surface area contributed by atoms with Crippen molar-refractivity contribution in [1.82, 2.24) is 9.80 Å². The Kier molecular flexibility index (Phi) is 5.67. The molecule has 0 saturated carbocycles. The molecule has 0 radical (unpaired) electrons. The van der Waals surface area contributed by atoms with Gasteiger partial charge in [-0.1, -0.05) is 18.2 Å². The normalized spacial score (nSPS) is 17.6. The molecule has 1 aliphatic heterocycles. The molecule has 0 spiro atoms. The molecule has 1 aromatic rings. The number of nitrogens with zero attached hydrogens (tertiary/aromatic N) is 2. The fraction of sp³-hybridized carbons (Fsp3) is 0.625. The van der Waals surface area contributed by atoms with E-state index in [2.05, 4.69) is 42.0 Å². The van der Waals surface area contributed by atoms with Crippen LogP contribution in [0.3, 0.4) is 0 Å². The Bertz CT molecular complexity index is 373. The number of hydrogen-bond acceptors (Lipinski definition) is 3. The van der Waals surface area contributed by atoms with Crippen LogP contribution < -0.4 is 4.74 Å². The predicted octanol–water partition coefficient (Wildman–Crippen LogP) is 2.40. The summed E-state index contributed by atoms with van der Waals surface area (Å²) >= 11 is 0. The lowest BCUT2D eigenvalue weighted by atomic mass is 10.2. The molecule has 1 heterocycles. The van der Waals surface area contributed by atoms with E-state index in [4.69, 9.17) is 4.74 Å². The monoisotopic (exact) mass is 262 g/mol. The van der Waals surface area contributed by atoms with Crippen molar-refractivity contribution < 1.29 is 4.74 Å². The van der Waals surface area contributed by atoms with Crippen LogP contribution in [-0.2, 0) is 0 Å². The van der Waals surface area contributed by atoms with Crippen molar-refractivity contribution in [1.29, 1.82) is 0 Å². The van der Waals surface area contributed by atoms with Gasteiger partial charge in [0.15, 0.2) is 0 Å². The van der Waals surface area contributed by atoms with Crippen molar-refractivity contribution in [3.63, 3.8) is 0 Å². The molecule has 1 aromatic carbocycles. The van der Waals surface area contributed by atoms with Crippen molar-refractivity contribution in [3.05, 3.63) is 29.8 Å². The third kappa shape index (κ3) is 4.84. The predicted molar refractivity (Wildman–Crippen MR) is 79.8 cm³/mol. The van der Waals surface area contributed by atoms with Gasteiger partial charge in [-0.05, 0) is 45.0 Å². The van der Waals surface area contributed by atoms with E-state index in [9.17, 15) is 0 Å². The number of para-hydroxylation sites is 1. The van der Waals surface area contributed by atoms with Crippen LogP contribution in [-0.4, -0.2) is 56.2 Å². The molecule has 1 fully saturated rings. The smallest absolute Gasteiger partial charge is 0.122 e. The number of unbranched alkanes of at least 4 members (excludes halogenated alkanes) is 1. The highest BCUT2D eigenvalue weighted by atomic mass is 16.5. The number of aryl methyl sites for hydroxylation is 1. The number of likely N-dealkylation sites (N-methyl/N-ethyl adjacent to an activating group) is 1. The van der Waals surface area contributed by atoms with Crippen molar-refractivity contribution in [3.8, 4) is 5.75 Å². The molecule has 3 heteroatoms. The van der Waals surface area contributed by atoms with Gasteiger partial charge in [0.1, 0.15) is 5.75 Å². The molecule has 0 bridgehead atoms.